The minimum absolute atomic E-state index is 0.360. The molecule has 2 nitrogen and oxygen atoms in total. The van der Waals surface area contributed by atoms with E-state index in [0.29, 0.717) is 11.3 Å². The van der Waals surface area contributed by atoms with Crippen molar-refractivity contribution in [3.8, 4) is 17.6 Å². The zero-order valence-electron chi connectivity index (χ0n) is 18.5. The molecule has 0 atom stereocenters. The Balaban J connectivity index is 1.57. The molecule has 0 aliphatic carbocycles. The van der Waals surface area contributed by atoms with E-state index in [0.717, 1.165) is 30.4 Å². The number of aryl methyl sites for hydroxylation is 2. The first-order chi connectivity index (χ1) is 15.2. The van der Waals surface area contributed by atoms with Gasteiger partial charge in [-0.05, 0) is 78.9 Å². The van der Waals surface area contributed by atoms with Crippen LogP contribution in [0.2, 0.25) is 0 Å². The first-order valence-corrected chi connectivity index (χ1v) is 11.2. The molecule has 0 fully saturated rings. The van der Waals surface area contributed by atoms with E-state index in [-0.39, 0.29) is 5.97 Å². The van der Waals surface area contributed by atoms with Gasteiger partial charge in [-0.15, -0.1) is 0 Å². The number of hydrogen-bond donors (Lipinski definition) is 0. The minimum atomic E-state index is -0.360. The normalized spacial score (nSPS) is 10.3. The number of carbonyl (C=O) groups is 1. The van der Waals surface area contributed by atoms with Crippen LogP contribution in [-0.2, 0) is 12.8 Å². The lowest BCUT2D eigenvalue weighted by molar-refractivity contribution is 0.0734. The summed E-state index contributed by atoms with van der Waals surface area (Å²) in [5.74, 6) is 6.56. The summed E-state index contributed by atoms with van der Waals surface area (Å²) >= 11 is 0. The first kappa shape index (κ1) is 22.4. The van der Waals surface area contributed by atoms with Gasteiger partial charge in [0.15, 0.2) is 0 Å². The fourth-order valence-electron chi connectivity index (χ4n) is 3.35. The third kappa shape index (κ3) is 7.15. The second-order valence-electron chi connectivity index (χ2n) is 7.76. The number of hydrogen-bond acceptors (Lipinski definition) is 2. The third-order valence-electron chi connectivity index (χ3n) is 5.17. The van der Waals surface area contributed by atoms with Crippen LogP contribution in [0.5, 0.6) is 5.75 Å². The van der Waals surface area contributed by atoms with Gasteiger partial charge < -0.3 is 4.74 Å². The van der Waals surface area contributed by atoms with Gasteiger partial charge in [-0.2, -0.15) is 0 Å². The molecule has 2 heteroatoms. The quantitative estimate of drug-likeness (QED) is 0.173. The highest BCUT2D eigenvalue weighted by Gasteiger charge is 2.08. The van der Waals surface area contributed by atoms with E-state index in [1.54, 1.807) is 12.1 Å². The number of unbranched alkanes of at least 4 members (excludes halogenated alkanes) is 2. The maximum Gasteiger partial charge on any atom is 0.343 e. The zero-order chi connectivity index (χ0) is 21.9. The average molecular weight is 411 g/mol. The van der Waals surface area contributed by atoms with Crippen LogP contribution >= 0.6 is 0 Å². The molecule has 0 aliphatic heterocycles. The smallest absolute Gasteiger partial charge is 0.343 e. The Kier molecular flexibility index (Phi) is 8.49. The predicted octanol–water partition coefficient (Wildman–Crippen LogP) is 6.99. The van der Waals surface area contributed by atoms with Gasteiger partial charge in [-0.25, -0.2) is 4.79 Å². The summed E-state index contributed by atoms with van der Waals surface area (Å²) in [6.07, 6.45) is 7.00. The van der Waals surface area contributed by atoms with E-state index in [9.17, 15) is 4.79 Å². The highest BCUT2D eigenvalue weighted by atomic mass is 16.5. The van der Waals surface area contributed by atoms with Crippen molar-refractivity contribution in [1.29, 1.82) is 0 Å². The molecule has 0 saturated carbocycles. The number of benzene rings is 3. The number of esters is 1. The van der Waals surface area contributed by atoms with Gasteiger partial charge in [0.1, 0.15) is 5.75 Å². The van der Waals surface area contributed by atoms with Crippen LogP contribution in [-0.4, -0.2) is 5.97 Å². The van der Waals surface area contributed by atoms with Crippen molar-refractivity contribution in [3.05, 3.63) is 101 Å². The summed E-state index contributed by atoms with van der Waals surface area (Å²) in [6, 6.07) is 23.4. The van der Waals surface area contributed by atoms with Gasteiger partial charge in [0, 0.05) is 11.1 Å². The van der Waals surface area contributed by atoms with Crippen LogP contribution in [0.4, 0.5) is 0 Å². The highest BCUT2D eigenvalue weighted by molar-refractivity contribution is 5.91. The third-order valence-corrected chi connectivity index (χ3v) is 5.17. The second kappa shape index (κ2) is 11.8. The number of carbonyl (C=O) groups excluding carboxylic acids is 1. The molecule has 158 valence electrons. The van der Waals surface area contributed by atoms with Crippen molar-refractivity contribution in [2.24, 2.45) is 0 Å². The molecule has 0 aromatic heterocycles. The Morgan fingerprint density at radius 2 is 1.23 bits per heavy atom. The molecule has 3 rings (SSSR count). The highest BCUT2D eigenvalue weighted by Crippen LogP contribution is 2.16. The van der Waals surface area contributed by atoms with Gasteiger partial charge in [-0.3, -0.25) is 0 Å². The van der Waals surface area contributed by atoms with Crippen LogP contribution in [0.3, 0.4) is 0 Å². The summed E-state index contributed by atoms with van der Waals surface area (Å²) in [6.45, 7) is 4.37. The van der Waals surface area contributed by atoms with Crippen molar-refractivity contribution in [3.63, 3.8) is 0 Å². The van der Waals surface area contributed by atoms with Gasteiger partial charge in [-0.1, -0.05) is 69.2 Å². The molecule has 0 heterocycles. The molecule has 0 amide bonds. The van der Waals surface area contributed by atoms with Crippen molar-refractivity contribution in [2.75, 3.05) is 0 Å². The van der Waals surface area contributed by atoms with E-state index in [2.05, 4.69) is 50.0 Å². The van der Waals surface area contributed by atoms with Crippen molar-refractivity contribution in [2.45, 2.75) is 52.4 Å². The van der Waals surface area contributed by atoms with Gasteiger partial charge in [0.05, 0.1) is 5.56 Å². The van der Waals surface area contributed by atoms with E-state index >= 15 is 0 Å². The Bertz CT molecular complexity index is 1020. The van der Waals surface area contributed by atoms with Crippen LogP contribution in [0, 0.1) is 11.8 Å². The Hall–Kier alpha value is -3.31. The summed E-state index contributed by atoms with van der Waals surface area (Å²) in [5, 5.41) is 0. The second-order valence-corrected chi connectivity index (χ2v) is 7.76. The molecule has 3 aromatic carbocycles. The Labute approximate surface area is 186 Å². The van der Waals surface area contributed by atoms with E-state index in [1.165, 1.54) is 30.4 Å². The largest absolute Gasteiger partial charge is 0.423 e. The SMILES string of the molecule is CCCCCc1ccc(C#Cc2ccc(C(=O)Oc3ccc(CCC)cc3)cc2)cc1. The monoisotopic (exact) mass is 410 g/mol. The molecule has 31 heavy (non-hydrogen) atoms. The van der Waals surface area contributed by atoms with Crippen LogP contribution in [0.1, 0.15) is 72.1 Å². The molecular weight excluding hydrogens is 380 g/mol. The van der Waals surface area contributed by atoms with Crippen molar-refractivity contribution in [1.82, 2.24) is 0 Å². The molecule has 0 N–H and O–H groups in total. The standard InChI is InChI=1S/C29H30O2/c1-3-5-6-8-24-9-11-25(12-10-24)13-14-26-15-19-27(20-16-26)29(30)31-28-21-17-23(7-4-2)18-22-28/h9-12,15-22H,3-8H2,1-2H3. The Morgan fingerprint density at radius 3 is 1.81 bits per heavy atom. The summed E-state index contributed by atoms with van der Waals surface area (Å²) in [4.78, 5) is 12.4. The molecule has 0 spiro atoms. The fraction of sp³-hybridized carbons (Fsp3) is 0.276. The average Bonchev–Trinajstić information content (AvgIpc) is 2.80. The van der Waals surface area contributed by atoms with Crippen LogP contribution < -0.4 is 4.74 Å². The lowest BCUT2D eigenvalue weighted by Gasteiger charge is -2.05. The molecule has 0 bridgehead atoms. The van der Waals surface area contributed by atoms with Crippen molar-refractivity contribution < 1.29 is 9.53 Å². The molecular formula is C29H30O2. The van der Waals surface area contributed by atoms with E-state index in [1.807, 2.05) is 36.4 Å². The first-order valence-electron chi connectivity index (χ1n) is 11.2. The lowest BCUT2D eigenvalue weighted by Crippen LogP contribution is -2.08. The van der Waals surface area contributed by atoms with Crippen LogP contribution in [0.25, 0.3) is 0 Å². The number of rotatable bonds is 8. The van der Waals surface area contributed by atoms with Crippen molar-refractivity contribution >= 4 is 5.97 Å². The molecule has 0 saturated heterocycles. The molecule has 0 unspecified atom stereocenters. The van der Waals surface area contributed by atoms with Gasteiger partial charge in [0.25, 0.3) is 0 Å². The maximum absolute atomic E-state index is 12.4. The fourth-order valence-corrected chi connectivity index (χ4v) is 3.35. The molecule has 0 aliphatic rings. The summed E-state index contributed by atoms with van der Waals surface area (Å²) < 4.78 is 5.47. The maximum atomic E-state index is 12.4. The van der Waals surface area contributed by atoms with Gasteiger partial charge in [0.2, 0.25) is 0 Å². The van der Waals surface area contributed by atoms with E-state index < -0.39 is 0 Å². The zero-order valence-corrected chi connectivity index (χ0v) is 18.5. The minimum Gasteiger partial charge on any atom is -0.423 e. The lowest BCUT2D eigenvalue weighted by atomic mass is 10.1. The molecule has 0 radical (unpaired) electrons. The molecule has 3 aromatic rings. The van der Waals surface area contributed by atoms with Crippen LogP contribution in [0.15, 0.2) is 72.8 Å². The summed E-state index contributed by atoms with van der Waals surface area (Å²) in [7, 11) is 0. The van der Waals surface area contributed by atoms with Gasteiger partial charge >= 0.3 is 5.97 Å². The number of ether oxygens (including phenoxy) is 1. The summed E-state index contributed by atoms with van der Waals surface area (Å²) in [5.41, 5.74) is 4.99. The van der Waals surface area contributed by atoms with E-state index in [4.69, 9.17) is 4.74 Å². The Morgan fingerprint density at radius 1 is 0.677 bits per heavy atom. The topological polar surface area (TPSA) is 26.3 Å². The predicted molar refractivity (Wildman–Crippen MR) is 127 cm³/mol.